The van der Waals surface area contributed by atoms with Crippen molar-refractivity contribution in [2.24, 2.45) is 11.8 Å². The fourth-order valence-electron chi connectivity index (χ4n) is 6.24. The normalized spacial score (nSPS) is 12.7. The molecule has 0 atom stereocenters. The van der Waals surface area contributed by atoms with Crippen molar-refractivity contribution in [2.45, 2.75) is 132 Å². The Hall–Kier alpha value is -2.81. The van der Waals surface area contributed by atoms with Gasteiger partial charge in [-0.15, -0.1) is 35.4 Å². The second kappa shape index (κ2) is 16.7. The second-order valence-corrected chi connectivity index (χ2v) is 16.2. The Kier molecular flexibility index (Phi) is 14.4. The maximum absolute atomic E-state index is 9.80. The van der Waals surface area contributed by atoms with Crippen molar-refractivity contribution < 1.29 is 30.0 Å². The van der Waals surface area contributed by atoms with E-state index in [1.165, 1.54) is 38.2 Å². The van der Waals surface area contributed by atoms with Crippen molar-refractivity contribution >= 4 is 27.3 Å². The first-order valence-corrected chi connectivity index (χ1v) is 17.7. The van der Waals surface area contributed by atoms with Crippen molar-refractivity contribution in [1.82, 2.24) is 4.98 Å². The van der Waals surface area contributed by atoms with Crippen LogP contribution in [0.1, 0.15) is 132 Å². The summed E-state index contributed by atoms with van der Waals surface area (Å²) >= 11 is 0. The second-order valence-electron chi connectivity index (χ2n) is 16.2. The molecule has 0 aliphatic heterocycles. The minimum Gasteiger partial charge on any atom is -0.512 e. The van der Waals surface area contributed by atoms with Crippen LogP contribution in [0, 0.1) is 17.9 Å². The zero-order valence-corrected chi connectivity index (χ0v) is 34.3. The summed E-state index contributed by atoms with van der Waals surface area (Å²) in [6, 6.07) is 21.4. The van der Waals surface area contributed by atoms with E-state index in [-0.39, 0.29) is 48.2 Å². The standard InChI is InChI=1S/C31H36N.C13H24O2.Ir/c1-29(2,3)21-12-10-11-20(17-21)28-25-14-13-24-26(23(25)15-16-32-28)18-22(30(4,5)6)19-27(24)31(7,8)9;1-5-10(6-2)12(14)9-13(15)11(7-3)8-4;/h10,12-19H,1-9H3;9-11,14H,5-8H2,1-4H3;/q-1;;/p+1/b;12-9-;. The zero-order valence-electron chi connectivity index (χ0n) is 31.9. The van der Waals surface area contributed by atoms with E-state index < -0.39 is 0 Å². The van der Waals surface area contributed by atoms with Crippen molar-refractivity contribution in [3.63, 3.8) is 0 Å². The van der Waals surface area contributed by atoms with Gasteiger partial charge in [0.1, 0.15) is 5.76 Å². The number of rotatable bonds is 8. The van der Waals surface area contributed by atoms with E-state index in [1.54, 1.807) is 6.08 Å². The molecule has 4 aromatic rings. The number of ketones is 1. The molecule has 0 aliphatic carbocycles. The van der Waals surface area contributed by atoms with E-state index in [0.29, 0.717) is 11.5 Å². The monoisotopic (exact) mass is 828 g/mol. The SMILES string of the molecule is CC(C)(C)c1cc[c-]c(-c2nccc3c2ccc2c(C(C)(C)C)cc(C(C)(C)C)cc23)c1.CCC(CC)C(=[OH+])/C=C(\O)C(CC)CC.[Ir]. The summed E-state index contributed by atoms with van der Waals surface area (Å²) < 4.78 is 0. The van der Waals surface area contributed by atoms with Gasteiger partial charge in [-0.3, -0.25) is 4.79 Å². The van der Waals surface area contributed by atoms with Gasteiger partial charge in [0.2, 0.25) is 0 Å². The van der Waals surface area contributed by atoms with Crippen LogP contribution in [0.5, 0.6) is 0 Å². The molecule has 3 aromatic carbocycles. The van der Waals surface area contributed by atoms with Crippen LogP contribution in [0.2, 0.25) is 0 Å². The van der Waals surface area contributed by atoms with Crippen LogP contribution in [-0.4, -0.2) is 20.7 Å². The number of allylic oxidation sites excluding steroid dienone is 2. The number of pyridine rings is 1. The average Bonchev–Trinajstić information content (AvgIpc) is 3.00. The molecular formula is C44H61IrNO2. The van der Waals surface area contributed by atoms with E-state index in [9.17, 15) is 9.90 Å². The Labute approximate surface area is 305 Å². The maximum atomic E-state index is 9.80. The molecule has 1 radical (unpaired) electrons. The predicted molar refractivity (Wildman–Crippen MR) is 205 cm³/mol. The molecule has 4 heteroatoms. The summed E-state index contributed by atoms with van der Waals surface area (Å²) in [5.41, 5.74) is 6.39. The third-order valence-electron chi connectivity index (χ3n) is 9.58. The molecule has 1 aromatic heterocycles. The molecule has 0 aliphatic rings. The molecule has 0 saturated heterocycles. The summed E-state index contributed by atoms with van der Waals surface area (Å²) in [7, 11) is 0. The van der Waals surface area contributed by atoms with E-state index in [2.05, 4.69) is 111 Å². The number of aliphatic hydroxyl groups is 1. The van der Waals surface area contributed by atoms with Crippen molar-refractivity contribution in [2.75, 3.05) is 0 Å². The first kappa shape index (κ1) is 41.4. The van der Waals surface area contributed by atoms with Gasteiger partial charge in [-0.1, -0.05) is 114 Å². The number of nitrogens with zero attached hydrogens (tertiary/aromatic N) is 1. The molecule has 263 valence electrons. The van der Waals surface area contributed by atoms with Gasteiger partial charge >= 0.3 is 5.78 Å². The Morgan fingerprint density at radius 3 is 1.79 bits per heavy atom. The summed E-state index contributed by atoms with van der Waals surface area (Å²) in [6.07, 6.45) is 7.15. The third-order valence-corrected chi connectivity index (χ3v) is 9.58. The van der Waals surface area contributed by atoms with Crippen molar-refractivity contribution in [1.29, 1.82) is 0 Å². The van der Waals surface area contributed by atoms with Crippen LogP contribution in [0.3, 0.4) is 0 Å². The zero-order chi connectivity index (χ0) is 35.3. The summed E-state index contributed by atoms with van der Waals surface area (Å²) in [4.78, 5) is 14.6. The number of aliphatic hydroxyl groups excluding tert-OH is 1. The van der Waals surface area contributed by atoms with Gasteiger partial charge in [0.05, 0.1) is 12.0 Å². The van der Waals surface area contributed by atoms with Crippen molar-refractivity contribution in [3.05, 3.63) is 89.3 Å². The molecule has 0 bridgehead atoms. The molecule has 0 fully saturated rings. The van der Waals surface area contributed by atoms with Crippen LogP contribution >= 0.6 is 0 Å². The predicted octanol–water partition coefficient (Wildman–Crippen LogP) is 12.6. The molecule has 0 saturated carbocycles. The average molecular weight is 828 g/mol. The molecular weight excluding hydrogens is 767 g/mol. The van der Waals surface area contributed by atoms with Crippen LogP contribution in [0.25, 0.3) is 32.8 Å². The number of carbonyl (C=O) groups excluding carboxylic acids is 1. The third kappa shape index (κ3) is 9.88. The molecule has 4 rings (SSSR count). The van der Waals surface area contributed by atoms with Gasteiger partial charge < -0.3 is 10.1 Å². The van der Waals surface area contributed by atoms with Crippen LogP contribution in [-0.2, 0) is 36.4 Å². The van der Waals surface area contributed by atoms with Gasteiger partial charge in [0.25, 0.3) is 0 Å². The van der Waals surface area contributed by atoms with Crippen LogP contribution in [0.15, 0.2) is 66.6 Å². The fourth-order valence-corrected chi connectivity index (χ4v) is 6.24. The number of fused-ring (bicyclic) bond motifs is 3. The number of hydrogen-bond donors (Lipinski definition) is 1. The fraction of sp³-hybridized carbons (Fsp3) is 0.500. The molecule has 48 heavy (non-hydrogen) atoms. The van der Waals surface area contributed by atoms with Gasteiger partial charge in [-0.05, 0) is 86.4 Å². The van der Waals surface area contributed by atoms with Gasteiger partial charge in [0, 0.05) is 32.2 Å². The van der Waals surface area contributed by atoms with Gasteiger partial charge in [-0.2, -0.15) is 0 Å². The Balaban J connectivity index is 0.000000427. The van der Waals surface area contributed by atoms with Crippen LogP contribution < -0.4 is 0 Å². The Morgan fingerprint density at radius 2 is 1.27 bits per heavy atom. The molecule has 2 N–H and O–H groups in total. The van der Waals surface area contributed by atoms with E-state index in [0.717, 1.165) is 36.9 Å². The summed E-state index contributed by atoms with van der Waals surface area (Å²) in [5.74, 6) is 1.01. The number of benzene rings is 3. The minimum atomic E-state index is 0. The smallest absolute Gasteiger partial charge is 0.322 e. The minimum absolute atomic E-state index is 0. The molecule has 1 heterocycles. The van der Waals surface area contributed by atoms with Crippen molar-refractivity contribution in [3.8, 4) is 11.3 Å². The number of hydrogen-bond acceptors (Lipinski definition) is 2. The molecule has 0 spiro atoms. The molecule has 0 amide bonds. The first-order valence-electron chi connectivity index (χ1n) is 17.7. The Morgan fingerprint density at radius 1 is 0.708 bits per heavy atom. The number of aromatic nitrogens is 1. The van der Waals surface area contributed by atoms with Crippen LogP contribution in [0.4, 0.5) is 0 Å². The first-order chi connectivity index (χ1) is 21.9. The van der Waals surface area contributed by atoms with E-state index in [4.69, 9.17) is 4.98 Å². The quantitative estimate of drug-likeness (QED) is 0.0632. The Bertz CT molecular complexity index is 1700. The molecule has 3 nitrogen and oxygen atoms in total. The maximum Gasteiger partial charge on any atom is 0.322 e. The largest absolute Gasteiger partial charge is 0.512 e. The van der Waals surface area contributed by atoms with E-state index in [1.807, 2.05) is 40.0 Å². The molecule has 0 unspecified atom stereocenters. The van der Waals surface area contributed by atoms with E-state index >= 15 is 0 Å². The summed E-state index contributed by atoms with van der Waals surface area (Å²) in [6.45, 7) is 28.8. The summed E-state index contributed by atoms with van der Waals surface area (Å²) in [5, 5.41) is 14.9. The van der Waals surface area contributed by atoms with Gasteiger partial charge in [-0.25, -0.2) is 0 Å². The topological polar surface area (TPSA) is 54.5 Å². The van der Waals surface area contributed by atoms with Gasteiger partial charge in [0.15, 0.2) is 0 Å².